The van der Waals surface area contributed by atoms with Crippen LogP contribution in [-0.4, -0.2) is 36.4 Å². The van der Waals surface area contributed by atoms with Crippen molar-refractivity contribution in [3.8, 4) is 5.75 Å². The zero-order chi connectivity index (χ0) is 19.1. The van der Waals surface area contributed by atoms with E-state index in [1.807, 2.05) is 60.4 Å². The minimum Gasteiger partial charge on any atom is -0.494 e. The molecule has 1 N–H and O–H groups in total. The van der Waals surface area contributed by atoms with Crippen LogP contribution in [0.2, 0.25) is 0 Å². The van der Waals surface area contributed by atoms with Gasteiger partial charge >= 0.3 is 0 Å². The monoisotopic (exact) mass is 366 g/mol. The molecule has 5 heteroatoms. The topological polar surface area (TPSA) is 58.6 Å². The smallest absolute Gasteiger partial charge is 0.228 e. The van der Waals surface area contributed by atoms with Gasteiger partial charge in [0, 0.05) is 18.8 Å². The van der Waals surface area contributed by atoms with Crippen molar-refractivity contribution in [1.82, 2.24) is 4.90 Å². The Kier molecular flexibility index (Phi) is 6.47. The van der Waals surface area contributed by atoms with E-state index in [2.05, 4.69) is 5.32 Å². The molecule has 27 heavy (non-hydrogen) atoms. The average molecular weight is 366 g/mol. The first-order valence-electron chi connectivity index (χ1n) is 9.52. The van der Waals surface area contributed by atoms with Gasteiger partial charge in [0.15, 0.2) is 0 Å². The van der Waals surface area contributed by atoms with Crippen LogP contribution in [-0.2, 0) is 22.4 Å². The van der Waals surface area contributed by atoms with Crippen LogP contribution in [0.5, 0.6) is 5.75 Å². The third-order valence-electron chi connectivity index (χ3n) is 4.65. The van der Waals surface area contributed by atoms with Crippen molar-refractivity contribution in [2.75, 3.05) is 25.0 Å². The fraction of sp³-hybridized carbons (Fsp3) is 0.364. The number of hydrogen-bond donors (Lipinski definition) is 1. The van der Waals surface area contributed by atoms with Gasteiger partial charge in [-0.05, 0) is 55.2 Å². The van der Waals surface area contributed by atoms with Crippen LogP contribution in [0.1, 0.15) is 30.9 Å². The number of nitrogens with one attached hydrogen (secondary N) is 1. The van der Waals surface area contributed by atoms with Crippen LogP contribution in [0.4, 0.5) is 5.69 Å². The first-order chi connectivity index (χ1) is 13.1. The van der Waals surface area contributed by atoms with Crippen molar-refractivity contribution < 1.29 is 14.3 Å². The fourth-order valence-electron chi connectivity index (χ4n) is 3.22. The Morgan fingerprint density at radius 1 is 0.926 bits per heavy atom. The van der Waals surface area contributed by atoms with Crippen LogP contribution in [0.25, 0.3) is 0 Å². The molecule has 1 aliphatic heterocycles. The molecule has 0 aliphatic carbocycles. The third-order valence-corrected chi connectivity index (χ3v) is 4.65. The molecule has 0 aromatic heterocycles. The number of amides is 2. The number of anilines is 1. The summed E-state index contributed by atoms with van der Waals surface area (Å²) < 4.78 is 5.40. The summed E-state index contributed by atoms with van der Waals surface area (Å²) in [6.07, 6.45) is 2.93. The van der Waals surface area contributed by atoms with E-state index in [9.17, 15) is 9.59 Å². The van der Waals surface area contributed by atoms with E-state index in [0.29, 0.717) is 19.4 Å². The zero-order valence-electron chi connectivity index (χ0n) is 15.7. The summed E-state index contributed by atoms with van der Waals surface area (Å²) in [6, 6.07) is 15.1. The molecule has 1 aliphatic rings. The van der Waals surface area contributed by atoms with E-state index in [0.717, 1.165) is 48.5 Å². The molecule has 1 fully saturated rings. The summed E-state index contributed by atoms with van der Waals surface area (Å²) >= 11 is 0. The first-order valence-corrected chi connectivity index (χ1v) is 9.52. The SMILES string of the molecule is CCOc1ccc(CC(=O)Nc2ccc(CC(=O)N3CCCC3)cc2)cc1. The molecule has 2 aromatic carbocycles. The Hall–Kier alpha value is -2.82. The molecular weight excluding hydrogens is 340 g/mol. The molecule has 0 saturated carbocycles. The quantitative estimate of drug-likeness (QED) is 0.817. The summed E-state index contributed by atoms with van der Waals surface area (Å²) in [6.45, 7) is 4.31. The predicted octanol–water partition coefficient (Wildman–Crippen LogP) is 3.43. The highest BCUT2D eigenvalue weighted by Crippen LogP contribution is 2.15. The van der Waals surface area contributed by atoms with E-state index < -0.39 is 0 Å². The van der Waals surface area contributed by atoms with Gasteiger partial charge in [0.1, 0.15) is 5.75 Å². The Morgan fingerprint density at radius 3 is 2.15 bits per heavy atom. The van der Waals surface area contributed by atoms with E-state index in [1.165, 1.54) is 0 Å². The molecule has 1 saturated heterocycles. The normalized spacial score (nSPS) is 13.4. The van der Waals surface area contributed by atoms with Crippen molar-refractivity contribution in [3.05, 3.63) is 59.7 Å². The lowest BCUT2D eigenvalue weighted by molar-refractivity contribution is -0.129. The summed E-state index contributed by atoms with van der Waals surface area (Å²) in [7, 11) is 0. The molecule has 2 aromatic rings. The van der Waals surface area contributed by atoms with Gasteiger partial charge in [0.05, 0.1) is 19.4 Å². The number of nitrogens with zero attached hydrogens (tertiary/aromatic N) is 1. The minimum absolute atomic E-state index is 0.0694. The largest absolute Gasteiger partial charge is 0.494 e. The maximum absolute atomic E-state index is 12.2. The van der Waals surface area contributed by atoms with Crippen LogP contribution >= 0.6 is 0 Å². The Bertz CT molecular complexity index is 763. The lowest BCUT2D eigenvalue weighted by Crippen LogP contribution is -2.29. The number of benzene rings is 2. The van der Waals surface area contributed by atoms with Crippen LogP contribution < -0.4 is 10.1 Å². The highest BCUT2D eigenvalue weighted by molar-refractivity contribution is 5.92. The predicted molar refractivity (Wildman–Crippen MR) is 106 cm³/mol. The summed E-state index contributed by atoms with van der Waals surface area (Å²) in [5.41, 5.74) is 2.64. The second-order valence-electron chi connectivity index (χ2n) is 6.76. The fourth-order valence-corrected chi connectivity index (χ4v) is 3.22. The maximum atomic E-state index is 12.2. The van der Waals surface area contributed by atoms with E-state index >= 15 is 0 Å². The van der Waals surface area contributed by atoms with Crippen molar-refractivity contribution >= 4 is 17.5 Å². The summed E-state index contributed by atoms with van der Waals surface area (Å²) in [5.74, 6) is 0.917. The highest BCUT2D eigenvalue weighted by Gasteiger charge is 2.17. The number of rotatable bonds is 7. The second-order valence-corrected chi connectivity index (χ2v) is 6.76. The molecule has 0 unspecified atom stereocenters. The highest BCUT2D eigenvalue weighted by atomic mass is 16.5. The lowest BCUT2D eigenvalue weighted by atomic mass is 10.1. The molecule has 142 valence electrons. The first kappa shape index (κ1) is 19.0. The standard InChI is InChI=1S/C22H26N2O3/c1-2-27-20-11-7-17(8-12-20)15-21(25)23-19-9-5-18(6-10-19)16-22(26)24-13-3-4-14-24/h5-12H,2-4,13-16H2,1H3,(H,23,25). The molecule has 0 spiro atoms. The maximum Gasteiger partial charge on any atom is 0.228 e. The number of carbonyl (C=O) groups is 2. The number of hydrogen-bond acceptors (Lipinski definition) is 3. The molecular formula is C22H26N2O3. The van der Waals surface area contributed by atoms with Crippen LogP contribution in [0.15, 0.2) is 48.5 Å². The number of likely N-dealkylation sites (tertiary alicyclic amines) is 1. The van der Waals surface area contributed by atoms with Gasteiger partial charge in [-0.3, -0.25) is 9.59 Å². The van der Waals surface area contributed by atoms with Crippen molar-refractivity contribution in [2.24, 2.45) is 0 Å². The third kappa shape index (κ3) is 5.58. The average Bonchev–Trinajstić information content (AvgIpc) is 3.20. The zero-order valence-corrected chi connectivity index (χ0v) is 15.7. The molecule has 5 nitrogen and oxygen atoms in total. The molecule has 0 bridgehead atoms. The second kappa shape index (κ2) is 9.21. The van der Waals surface area contributed by atoms with E-state index in [1.54, 1.807) is 0 Å². The number of ether oxygens (including phenoxy) is 1. The van der Waals surface area contributed by atoms with Gasteiger partial charge < -0.3 is 15.0 Å². The molecule has 3 rings (SSSR count). The molecule has 1 heterocycles. The summed E-state index contributed by atoms with van der Waals surface area (Å²) in [5, 5.41) is 2.90. The molecule has 2 amide bonds. The van der Waals surface area contributed by atoms with Crippen LogP contribution in [0, 0.1) is 0 Å². The van der Waals surface area contributed by atoms with E-state index in [4.69, 9.17) is 4.74 Å². The van der Waals surface area contributed by atoms with Crippen molar-refractivity contribution in [2.45, 2.75) is 32.6 Å². The number of carbonyl (C=O) groups excluding carboxylic acids is 2. The van der Waals surface area contributed by atoms with Crippen molar-refractivity contribution in [1.29, 1.82) is 0 Å². The minimum atomic E-state index is -0.0694. The van der Waals surface area contributed by atoms with Gasteiger partial charge in [-0.2, -0.15) is 0 Å². The van der Waals surface area contributed by atoms with Crippen molar-refractivity contribution in [3.63, 3.8) is 0 Å². The lowest BCUT2D eigenvalue weighted by Gasteiger charge is -2.15. The molecule has 0 radical (unpaired) electrons. The molecule has 0 atom stereocenters. The Balaban J connectivity index is 1.49. The summed E-state index contributed by atoms with van der Waals surface area (Å²) in [4.78, 5) is 26.3. The van der Waals surface area contributed by atoms with E-state index in [-0.39, 0.29) is 11.8 Å². The van der Waals surface area contributed by atoms with Gasteiger partial charge in [-0.15, -0.1) is 0 Å². The van der Waals surface area contributed by atoms with Gasteiger partial charge in [0.25, 0.3) is 0 Å². The Morgan fingerprint density at radius 2 is 1.52 bits per heavy atom. The Labute approximate surface area is 160 Å². The van der Waals surface area contributed by atoms with Crippen LogP contribution in [0.3, 0.4) is 0 Å². The van der Waals surface area contributed by atoms with Gasteiger partial charge in [-0.1, -0.05) is 24.3 Å². The van der Waals surface area contributed by atoms with Gasteiger partial charge in [-0.25, -0.2) is 0 Å². The van der Waals surface area contributed by atoms with Gasteiger partial charge in [0.2, 0.25) is 11.8 Å².